The summed E-state index contributed by atoms with van der Waals surface area (Å²) in [6.45, 7) is 6.13. The van der Waals surface area contributed by atoms with Crippen LogP contribution >= 0.6 is 0 Å². The first kappa shape index (κ1) is 9.56. The van der Waals surface area contributed by atoms with Gasteiger partial charge in [-0.1, -0.05) is 13.8 Å². The Kier molecular flexibility index (Phi) is 3.12. The molecular weight excluding hydrogens is 150 g/mol. The van der Waals surface area contributed by atoms with Crippen molar-refractivity contribution < 1.29 is 4.79 Å². The predicted molar refractivity (Wildman–Crippen MR) is 49.8 cm³/mol. The summed E-state index contributed by atoms with van der Waals surface area (Å²) >= 11 is 0. The van der Waals surface area contributed by atoms with E-state index >= 15 is 0 Å². The van der Waals surface area contributed by atoms with Gasteiger partial charge in [-0.3, -0.25) is 4.79 Å². The van der Waals surface area contributed by atoms with Crippen LogP contribution < -0.4 is 5.32 Å². The maximum atomic E-state index is 10.8. The van der Waals surface area contributed by atoms with Crippen molar-refractivity contribution in [3.05, 3.63) is 0 Å². The highest BCUT2D eigenvalue weighted by Gasteiger charge is 2.26. The molecule has 1 aliphatic rings. The second-order valence-corrected chi connectivity index (χ2v) is 4.21. The Hall–Kier alpha value is -0.530. The molecule has 0 spiro atoms. The lowest BCUT2D eigenvalue weighted by molar-refractivity contribution is -0.119. The zero-order chi connectivity index (χ0) is 9.14. The Bertz CT molecular complexity index is 165. The van der Waals surface area contributed by atoms with Gasteiger partial charge in [0.05, 0.1) is 0 Å². The average molecular weight is 169 g/mol. The van der Waals surface area contributed by atoms with E-state index in [4.69, 9.17) is 0 Å². The minimum atomic E-state index is 0.115. The summed E-state index contributed by atoms with van der Waals surface area (Å²) in [5, 5.41) is 2.99. The summed E-state index contributed by atoms with van der Waals surface area (Å²) in [6, 6.07) is 0.454. The Labute approximate surface area is 74.7 Å². The number of carbonyl (C=O) groups excluding carboxylic acids is 1. The van der Waals surface area contributed by atoms with E-state index in [-0.39, 0.29) is 5.91 Å². The summed E-state index contributed by atoms with van der Waals surface area (Å²) in [5.41, 5.74) is 0. The molecule has 0 bridgehead atoms. The van der Waals surface area contributed by atoms with Gasteiger partial charge in [0, 0.05) is 13.0 Å². The van der Waals surface area contributed by atoms with Gasteiger partial charge in [0.15, 0.2) is 0 Å². The number of carbonyl (C=O) groups is 1. The van der Waals surface area contributed by atoms with Gasteiger partial charge >= 0.3 is 0 Å². The van der Waals surface area contributed by atoms with E-state index < -0.39 is 0 Å². The van der Waals surface area contributed by atoms with Crippen LogP contribution in [-0.4, -0.2) is 11.9 Å². The molecule has 2 atom stereocenters. The Morgan fingerprint density at radius 2 is 2.08 bits per heavy atom. The number of hydrogen-bond donors (Lipinski definition) is 1. The quantitative estimate of drug-likeness (QED) is 0.672. The molecule has 0 heterocycles. The molecule has 70 valence electrons. The molecule has 0 saturated heterocycles. The second-order valence-electron chi connectivity index (χ2n) is 4.21. The molecule has 2 nitrogen and oxygen atoms in total. The van der Waals surface area contributed by atoms with Crippen molar-refractivity contribution in [3.8, 4) is 0 Å². The summed E-state index contributed by atoms with van der Waals surface area (Å²) in [7, 11) is 0. The Morgan fingerprint density at radius 1 is 1.42 bits per heavy atom. The van der Waals surface area contributed by atoms with Crippen molar-refractivity contribution in [1.29, 1.82) is 0 Å². The minimum absolute atomic E-state index is 0.115. The molecule has 0 aromatic rings. The molecule has 0 radical (unpaired) electrons. The fourth-order valence-electron chi connectivity index (χ4n) is 2.04. The molecule has 1 N–H and O–H groups in total. The minimum Gasteiger partial charge on any atom is -0.354 e. The van der Waals surface area contributed by atoms with Crippen molar-refractivity contribution in [2.24, 2.45) is 11.8 Å². The van der Waals surface area contributed by atoms with Crippen LogP contribution in [-0.2, 0) is 4.79 Å². The van der Waals surface area contributed by atoms with Crippen LogP contribution in [0.3, 0.4) is 0 Å². The standard InChI is InChI=1S/C10H19NO/c1-7(2)9-4-5-10(6-9)11-8(3)12/h7,9-10H,4-6H2,1-3H3,(H,11,12)/t9-,10-/m1/s1. The van der Waals surface area contributed by atoms with Gasteiger partial charge in [0.1, 0.15) is 0 Å². The first-order valence-corrected chi connectivity index (χ1v) is 4.86. The number of hydrogen-bond acceptors (Lipinski definition) is 1. The third-order valence-corrected chi connectivity index (χ3v) is 2.82. The normalized spacial score (nSPS) is 29.3. The lowest BCUT2D eigenvalue weighted by Crippen LogP contribution is -2.30. The molecule has 0 aromatic heterocycles. The monoisotopic (exact) mass is 169 g/mol. The highest BCUT2D eigenvalue weighted by molar-refractivity contribution is 5.73. The fourth-order valence-corrected chi connectivity index (χ4v) is 2.04. The molecule has 1 rings (SSSR count). The third-order valence-electron chi connectivity index (χ3n) is 2.82. The first-order chi connectivity index (χ1) is 5.59. The van der Waals surface area contributed by atoms with Gasteiger partial charge in [-0.2, -0.15) is 0 Å². The average Bonchev–Trinajstić information content (AvgIpc) is 2.34. The molecule has 12 heavy (non-hydrogen) atoms. The van der Waals surface area contributed by atoms with Crippen LogP contribution in [0.1, 0.15) is 40.0 Å². The van der Waals surface area contributed by atoms with Crippen molar-refractivity contribution in [3.63, 3.8) is 0 Å². The van der Waals surface area contributed by atoms with Gasteiger partial charge in [-0.25, -0.2) is 0 Å². The van der Waals surface area contributed by atoms with Crippen LogP contribution in [0.25, 0.3) is 0 Å². The smallest absolute Gasteiger partial charge is 0.217 e. The van der Waals surface area contributed by atoms with Crippen molar-refractivity contribution in [1.82, 2.24) is 5.32 Å². The van der Waals surface area contributed by atoms with Gasteiger partial charge in [-0.05, 0) is 31.1 Å². The van der Waals surface area contributed by atoms with E-state index in [0.717, 1.165) is 11.8 Å². The van der Waals surface area contributed by atoms with Gasteiger partial charge in [0.25, 0.3) is 0 Å². The SMILES string of the molecule is CC(=O)N[C@@H]1CC[C@@H](C(C)C)C1. The maximum absolute atomic E-state index is 10.8. The zero-order valence-electron chi connectivity index (χ0n) is 8.26. The van der Waals surface area contributed by atoms with Crippen LogP contribution in [0, 0.1) is 11.8 Å². The van der Waals surface area contributed by atoms with E-state index in [0.29, 0.717) is 6.04 Å². The summed E-state index contributed by atoms with van der Waals surface area (Å²) < 4.78 is 0. The lowest BCUT2D eigenvalue weighted by atomic mass is 9.94. The van der Waals surface area contributed by atoms with E-state index in [1.807, 2.05) is 0 Å². The van der Waals surface area contributed by atoms with E-state index in [9.17, 15) is 4.79 Å². The topological polar surface area (TPSA) is 29.1 Å². The third kappa shape index (κ3) is 2.50. The second kappa shape index (κ2) is 3.92. The molecule has 1 fully saturated rings. The highest BCUT2D eigenvalue weighted by Crippen LogP contribution is 2.31. The first-order valence-electron chi connectivity index (χ1n) is 4.86. The summed E-state index contributed by atoms with van der Waals surface area (Å²) in [6.07, 6.45) is 3.63. The van der Waals surface area contributed by atoms with Crippen LogP contribution in [0.2, 0.25) is 0 Å². The number of rotatable bonds is 2. The van der Waals surface area contributed by atoms with Crippen LogP contribution in [0.15, 0.2) is 0 Å². The molecular formula is C10H19NO. The molecule has 1 amide bonds. The molecule has 0 aromatic carbocycles. The molecule has 1 aliphatic carbocycles. The zero-order valence-corrected chi connectivity index (χ0v) is 8.26. The van der Waals surface area contributed by atoms with Crippen LogP contribution in [0.4, 0.5) is 0 Å². The van der Waals surface area contributed by atoms with E-state index in [2.05, 4.69) is 19.2 Å². The van der Waals surface area contributed by atoms with Crippen molar-refractivity contribution in [2.45, 2.75) is 46.1 Å². The molecule has 1 saturated carbocycles. The van der Waals surface area contributed by atoms with Crippen molar-refractivity contribution in [2.75, 3.05) is 0 Å². The maximum Gasteiger partial charge on any atom is 0.217 e. The van der Waals surface area contributed by atoms with E-state index in [1.165, 1.54) is 19.3 Å². The number of nitrogens with one attached hydrogen (secondary N) is 1. The number of amides is 1. The molecule has 0 unspecified atom stereocenters. The van der Waals surface area contributed by atoms with Gasteiger partial charge < -0.3 is 5.32 Å². The Morgan fingerprint density at radius 3 is 2.50 bits per heavy atom. The summed E-state index contributed by atoms with van der Waals surface area (Å²) in [5.74, 6) is 1.70. The lowest BCUT2D eigenvalue weighted by Gasteiger charge is -2.14. The fraction of sp³-hybridized carbons (Fsp3) is 0.900. The Balaban J connectivity index is 2.30. The molecule has 2 heteroatoms. The van der Waals surface area contributed by atoms with Crippen molar-refractivity contribution >= 4 is 5.91 Å². The highest BCUT2D eigenvalue weighted by atomic mass is 16.1. The summed E-state index contributed by atoms with van der Waals surface area (Å²) in [4.78, 5) is 10.8. The predicted octanol–water partition coefficient (Wildman–Crippen LogP) is 1.95. The van der Waals surface area contributed by atoms with Gasteiger partial charge in [-0.15, -0.1) is 0 Å². The molecule has 0 aliphatic heterocycles. The van der Waals surface area contributed by atoms with E-state index in [1.54, 1.807) is 6.92 Å². The van der Waals surface area contributed by atoms with Crippen LogP contribution in [0.5, 0.6) is 0 Å². The largest absolute Gasteiger partial charge is 0.354 e. The van der Waals surface area contributed by atoms with Gasteiger partial charge in [0.2, 0.25) is 5.91 Å².